The zero-order valence-electron chi connectivity index (χ0n) is 7.71. The van der Waals surface area contributed by atoms with Crippen LogP contribution in [0, 0.1) is 0 Å². The molecule has 1 rings (SSSR count). The molecule has 1 aromatic rings. The lowest BCUT2D eigenvalue weighted by Gasteiger charge is -2.04. The van der Waals surface area contributed by atoms with Crippen LogP contribution in [0.3, 0.4) is 0 Å². The molecule has 0 spiro atoms. The molecule has 0 radical (unpaired) electrons. The van der Waals surface area contributed by atoms with Gasteiger partial charge >= 0.3 is 0 Å². The minimum Gasteiger partial charge on any atom is -0.497 e. The Balaban J connectivity index is 3.47. The first-order valence-corrected chi connectivity index (χ1v) is 3.94. The van der Waals surface area contributed by atoms with Crippen LogP contribution < -0.4 is 16.2 Å². The molecular formula is C11H13NO. The Morgan fingerprint density at radius 2 is 2.23 bits per heavy atom. The molecule has 0 saturated carbocycles. The number of rotatable bonds is 2. The van der Waals surface area contributed by atoms with Gasteiger partial charge in [-0.1, -0.05) is 31.4 Å². The fourth-order valence-electron chi connectivity index (χ4n) is 1.16. The highest BCUT2D eigenvalue weighted by Crippen LogP contribution is 2.04. The van der Waals surface area contributed by atoms with Crippen molar-refractivity contribution in [3.63, 3.8) is 0 Å². The second-order valence-electron chi connectivity index (χ2n) is 2.67. The van der Waals surface area contributed by atoms with Crippen LogP contribution in [-0.2, 0) is 4.74 Å². The minimum absolute atomic E-state index is 0.599. The molecule has 0 aliphatic carbocycles. The molecule has 0 fully saturated rings. The molecule has 0 aliphatic rings. The molecule has 13 heavy (non-hydrogen) atoms. The van der Waals surface area contributed by atoms with E-state index in [4.69, 9.17) is 10.5 Å². The number of ether oxygens (including phenoxy) is 1. The van der Waals surface area contributed by atoms with Gasteiger partial charge in [0.1, 0.15) is 5.76 Å². The van der Waals surface area contributed by atoms with Crippen LogP contribution in [0.2, 0.25) is 0 Å². The summed E-state index contributed by atoms with van der Waals surface area (Å²) in [6.07, 6.45) is 1.52. The van der Waals surface area contributed by atoms with Crippen LogP contribution in [0.25, 0.3) is 18.5 Å². The van der Waals surface area contributed by atoms with Crippen molar-refractivity contribution in [3.8, 4) is 0 Å². The van der Waals surface area contributed by atoms with Crippen molar-refractivity contribution >= 4 is 18.5 Å². The van der Waals surface area contributed by atoms with Crippen LogP contribution in [0.15, 0.2) is 24.8 Å². The fourth-order valence-corrected chi connectivity index (χ4v) is 1.16. The van der Waals surface area contributed by atoms with Crippen LogP contribution in [0.4, 0.5) is 0 Å². The molecule has 0 amide bonds. The molecule has 1 aromatic carbocycles. The second kappa shape index (κ2) is 3.81. The first kappa shape index (κ1) is 9.39. The van der Waals surface area contributed by atoms with Gasteiger partial charge in [0.2, 0.25) is 0 Å². The highest BCUT2D eigenvalue weighted by Gasteiger charge is 1.99. The molecule has 2 nitrogen and oxygen atoms in total. The van der Waals surface area contributed by atoms with E-state index in [2.05, 4.69) is 13.2 Å². The standard InChI is InChI=1S/C11H13NO/c1-8-5-4-6-10(9(2)13-3)11(8)7-12/h4-7H,1-2,12H2,3H3/b11-7+. The Bertz CT molecular complexity index is 420. The van der Waals surface area contributed by atoms with Gasteiger partial charge < -0.3 is 10.5 Å². The average molecular weight is 175 g/mol. The van der Waals surface area contributed by atoms with Gasteiger partial charge in [0.15, 0.2) is 0 Å². The van der Waals surface area contributed by atoms with Gasteiger partial charge in [0, 0.05) is 17.0 Å². The van der Waals surface area contributed by atoms with Gasteiger partial charge in [-0.25, -0.2) is 0 Å². The zero-order valence-corrected chi connectivity index (χ0v) is 7.71. The number of hydrogen-bond acceptors (Lipinski definition) is 2. The zero-order chi connectivity index (χ0) is 9.84. The monoisotopic (exact) mass is 175 g/mol. The summed E-state index contributed by atoms with van der Waals surface area (Å²) >= 11 is 0. The fraction of sp³-hybridized carbons (Fsp3) is 0.0909. The lowest BCUT2D eigenvalue weighted by atomic mass is 10.1. The van der Waals surface area contributed by atoms with E-state index in [-0.39, 0.29) is 0 Å². The maximum absolute atomic E-state index is 5.48. The molecule has 68 valence electrons. The Hall–Kier alpha value is -1.70. The van der Waals surface area contributed by atoms with Crippen LogP contribution in [0.5, 0.6) is 0 Å². The van der Waals surface area contributed by atoms with E-state index in [1.54, 1.807) is 7.11 Å². The van der Waals surface area contributed by atoms with Gasteiger partial charge in [0.25, 0.3) is 0 Å². The summed E-state index contributed by atoms with van der Waals surface area (Å²) < 4.78 is 5.04. The van der Waals surface area contributed by atoms with E-state index in [0.29, 0.717) is 5.76 Å². The van der Waals surface area contributed by atoms with Crippen molar-refractivity contribution in [3.05, 3.63) is 40.8 Å². The largest absolute Gasteiger partial charge is 0.497 e. The summed E-state index contributed by atoms with van der Waals surface area (Å²) in [5.74, 6) is 0.599. The smallest absolute Gasteiger partial charge is 0.119 e. The van der Waals surface area contributed by atoms with E-state index in [9.17, 15) is 0 Å². The summed E-state index contributed by atoms with van der Waals surface area (Å²) in [5.41, 5.74) is 6.37. The molecule has 2 N–H and O–H groups in total. The molecule has 0 saturated heterocycles. The predicted molar refractivity (Wildman–Crippen MR) is 55.9 cm³/mol. The summed E-state index contributed by atoms with van der Waals surface area (Å²) in [7, 11) is 1.58. The van der Waals surface area contributed by atoms with Crippen LogP contribution in [-0.4, -0.2) is 7.11 Å². The second-order valence-corrected chi connectivity index (χ2v) is 2.67. The molecule has 0 bridgehead atoms. The summed E-state index contributed by atoms with van der Waals surface area (Å²) in [5, 5.41) is 1.74. The third kappa shape index (κ3) is 1.72. The topological polar surface area (TPSA) is 35.2 Å². The van der Waals surface area contributed by atoms with Crippen molar-refractivity contribution in [2.75, 3.05) is 7.11 Å². The predicted octanol–water partition coefficient (Wildman–Crippen LogP) is 0.411. The third-order valence-corrected chi connectivity index (χ3v) is 1.91. The molecule has 0 aromatic heterocycles. The summed E-state index contributed by atoms with van der Waals surface area (Å²) in [4.78, 5) is 0. The summed E-state index contributed by atoms with van der Waals surface area (Å²) in [6, 6.07) is 5.69. The molecule has 0 aliphatic heterocycles. The van der Waals surface area contributed by atoms with Crippen molar-refractivity contribution < 1.29 is 4.74 Å². The van der Waals surface area contributed by atoms with E-state index < -0.39 is 0 Å². The molecule has 0 heterocycles. The van der Waals surface area contributed by atoms with Crippen molar-refractivity contribution in [2.24, 2.45) is 5.73 Å². The Kier molecular flexibility index (Phi) is 2.75. The lowest BCUT2D eigenvalue weighted by Crippen LogP contribution is -2.28. The van der Waals surface area contributed by atoms with E-state index >= 15 is 0 Å². The minimum atomic E-state index is 0.599. The quantitative estimate of drug-likeness (QED) is 0.661. The van der Waals surface area contributed by atoms with Crippen molar-refractivity contribution in [1.82, 2.24) is 0 Å². The maximum Gasteiger partial charge on any atom is 0.119 e. The van der Waals surface area contributed by atoms with Crippen LogP contribution in [0.1, 0.15) is 5.56 Å². The molecule has 0 unspecified atom stereocenters. The van der Waals surface area contributed by atoms with E-state index in [0.717, 1.165) is 16.0 Å². The van der Waals surface area contributed by atoms with Crippen molar-refractivity contribution in [1.29, 1.82) is 0 Å². The Morgan fingerprint density at radius 3 is 2.77 bits per heavy atom. The Morgan fingerprint density at radius 1 is 1.54 bits per heavy atom. The normalized spacial score (nSPS) is 11.3. The Labute approximate surface area is 77.6 Å². The number of benzene rings is 1. The highest BCUT2D eigenvalue weighted by molar-refractivity contribution is 5.59. The number of nitrogens with two attached hydrogens (primary N) is 1. The first-order chi connectivity index (χ1) is 6.20. The van der Waals surface area contributed by atoms with E-state index in [1.807, 2.05) is 18.2 Å². The summed E-state index contributed by atoms with van der Waals surface area (Å²) in [6.45, 7) is 7.63. The number of hydrogen-bond donors (Lipinski definition) is 1. The van der Waals surface area contributed by atoms with Crippen LogP contribution >= 0.6 is 0 Å². The van der Waals surface area contributed by atoms with Gasteiger partial charge in [-0.3, -0.25) is 0 Å². The van der Waals surface area contributed by atoms with Gasteiger partial charge in [-0.2, -0.15) is 0 Å². The van der Waals surface area contributed by atoms with Gasteiger partial charge in [-0.05, 0) is 5.22 Å². The molecule has 0 atom stereocenters. The SMILES string of the molecule is C=C(OC)c1cccc(=C)/c1=C\N. The van der Waals surface area contributed by atoms with Crippen molar-refractivity contribution in [2.45, 2.75) is 0 Å². The third-order valence-electron chi connectivity index (χ3n) is 1.91. The molecular weight excluding hydrogens is 162 g/mol. The van der Waals surface area contributed by atoms with Gasteiger partial charge in [0.05, 0.1) is 7.11 Å². The van der Waals surface area contributed by atoms with Gasteiger partial charge in [-0.15, -0.1) is 0 Å². The average Bonchev–Trinajstić information content (AvgIpc) is 2.16. The maximum atomic E-state index is 5.48. The molecule has 2 heteroatoms. The lowest BCUT2D eigenvalue weighted by molar-refractivity contribution is 0.371. The highest BCUT2D eigenvalue weighted by atomic mass is 16.5. The first-order valence-electron chi connectivity index (χ1n) is 3.94. The van der Waals surface area contributed by atoms with E-state index in [1.165, 1.54) is 6.20 Å². The number of methoxy groups -OCH3 is 1.